The molecule has 0 aliphatic carbocycles. The lowest BCUT2D eigenvalue weighted by Gasteiger charge is -2.30. The molecule has 0 bridgehead atoms. The van der Waals surface area contributed by atoms with Gasteiger partial charge in [-0.15, -0.1) is 0 Å². The molecule has 0 spiro atoms. The molecule has 2 aliphatic heterocycles. The van der Waals surface area contributed by atoms with Crippen LogP contribution in [0.4, 0.5) is 4.79 Å². The molecule has 0 saturated carbocycles. The predicted molar refractivity (Wildman–Crippen MR) is 118 cm³/mol. The van der Waals surface area contributed by atoms with Gasteiger partial charge in [-0.1, -0.05) is 13.8 Å². The number of imide groups is 1. The molecule has 13 heteroatoms. The summed E-state index contributed by atoms with van der Waals surface area (Å²) >= 11 is 0. The summed E-state index contributed by atoms with van der Waals surface area (Å²) in [6.45, 7) is 4.99. The molecule has 3 heterocycles. The lowest BCUT2D eigenvalue weighted by molar-refractivity contribution is -0.138. The highest BCUT2D eigenvalue weighted by Gasteiger charge is 2.34. The number of fused-ring (bicyclic) bond motifs is 1. The van der Waals surface area contributed by atoms with Crippen LogP contribution in [0.2, 0.25) is 0 Å². The molecular formula is C21H31N7O6. The number of carbonyl (C=O) groups is 5. The van der Waals surface area contributed by atoms with Crippen LogP contribution in [0.1, 0.15) is 31.5 Å². The highest BCUT2D eigenvalue weighted by molar-refractivity contribution is 6.05. The van der Waals surface area contributed by atoms with Crippen LogP contribution in [0.3, 0.4) is 0 Å². The number of ether oxygens (including phenoxy) is 1. The van der Waals surface area contributed by atoms with Gasteiger partial charge in [0, 0.05) is 32.8 Å². The molecule has 1 fully saturated rings. The minimum atomic E-state index is -0.878. The van der Waals surface area contributed by atoms with E-state index in [1.165, 1.54) is 12.0 Å². The van der Waals surface area contributed by atoms with E-state index in [4.69, 9.17) is 4.74 Å². The Bertz CT molecular complexity index is 975. The molecule has 1 unspecified atom stereocenters. The van der Waals surface area contributed by atoms with Crippen molar-refractivity contribution in [2.24, 2.45) is 5.92 Å². The first-order valence-electron chi connectivity index (χ1n) is 11.1. The second-order valence-corrected chi connectivity index (χ2v) is 8.79. The van der Waals surface area contributed by atoms with Gasteiger partial charge in [0.1, 0.15) is 18.7 Å². The maximum Gasteiger partial charge on any atom is 0.322 e. The van der Waals surface area contributed by atoms with Gasteiger partial charge >= 0.3 is 6.03 Å². The van der Waals surface area contributed by atoms with Crippen molar-refractivity contribution in [1.29, 1.82) is 0 Å². The number of amides is 6. The van der Waals surface area contributed by atoms with E-state index in [1.54, 1.807) is 22.8 Å². The number of hydrogen-bond acceptors (Lipinski definition) is 7. The van der Waals surface area contributed by atoms with E-state index in [-0.39, 0.29) is 49.8 Å². The van der Waals surface area contributed by atoms with Gasteiger partial charge in [-0.2, -0.15) is 5.10 Å². The number of nitrogens with one attached hydrogen (secondary N) is 3. The van der Waals surface area contributed by atoms with Crippen LogP contribution >= 0.6 is 0 Å². The molecule has 2 aliphatic rings. The van der Waals surface area contributed by atoms with Gasteiger partial charge < -0.3 is 25.2 Å². The Morgan fingerprint density at radius 2 is 2.03 bits per heavy atom. The molecule has 1 aromatic heterocycles. The van der Waals surface area contributed by atoms with Gasteiger partial charge in [-0.05, 0) is 5.92 Å². The first-order chi connectivity index (χ1) is 16.1. The topological polar surface area (TPSA) is 155 Å². The number of rotatable bonds is 9. The molecule has 3 N–H and O–H groups in total. The van der Waals surface area contributed by atoms with Crippen molar-refractivity contribution in [3.63, 3.8) is 0 Å². The van der Waals surface area contributed by atoms with E-state index in [1.807, 2.05) is 13.8 Å². The highest BCUT2D eigenvalue weighted by Crippen LogP contribution is 2.20. The van der Waals surface area contributed by atoms with Crippen molar-refractivity contribution >= 4 is 29.7 Å². The summed E-state index contributed by atoms with van der Waals surface area (Å²) < 4.78 is 6.62. The zero-order chi connectivity index (χ0) is 25.0. The van der Waals surface area contributed by atoms with Crippen LogP contribution < -0.4 is 16.0 Å². The van der Waals surface area contributed by atoms with Crippen LogP contribution in [0, 0.1) is 5.92 Å². The lowest BCUT2D eigenvalue weighted by Crippen LogP contribution is -2.50. The SMILES string of the molecule is COCC(=O)N[C@H](C(=O)N(C)Cc1cnn2c1CN(C(=O)CC1NC(=O)NC1=O)CC2)C(C)C. The molecule has 2 atom stereocenters. The molecule has 186 valence electrons. The van der Waals surface area contributed by atoms with Crippen molar-refractivity contribution in [1.82, 2.24) is 35.5 Å². The Kier molecular flexibility index (Phi) is 7.87. The van der Waals surface area contributed by atoms with Crippen LogP contribution in [0.25, 0.3) is 0 Å². The summed E-state index contributed by atoms with van der Waals surface area (Å²) in [5, 5.41) is 11.6. The fourth-order valence-electron chi connectivity index (χ4n) is 3.98. The van der Waals surface area contributed by atoms with Gasteiger partial charge in [0.15, 0.2) is 0 Å². The monoisotopic (exact) mass is 477 g/mol. The Hall–Kier alpha value is -3.48. The zero-order valence-electron chi connectivity index (χ0n) is 19.8. The Labute approximate surface area is 197 Å². The third-order valence-corrected chi connectivity index (χ3v) is 5.86. The summed E-state index contributed by atoms with van der Waals surface area (Å²) in [6.07, 6.45) is 1.54. The van der Waals surface area contributed by atoms with Crippen LogP contribution in [-0.2, 0) is 43.5 Å². The number of methoxy groups -OCH3 is 1. The van der Waals surface area contributed by atoms with Crippen LogP contribution in [0.5, 0.6) is 0 Å². The summed E-state index contributed by atoms with van der Waals surface area (Å²) in [7, 11) is 3.06. The minimum absolute atomic E-state index is 0.127. The molecule has 0 radical (unpaired) electrons. The third kappa shape index (κ3) is 5.71. The molecule has 34 heavy (non-hydrogen) atoms. The fourth-order valence-corrected chi connectivity index (χ4v) is 3.98. The molecule has 1 saturated heterocycles. The van der Waals surface area contributed by atoms with E-state index >= 15 is 0 Å². The minimum Gasteiger partial charge on any atom is -0.375 e. The summed E-state index contributed by atoms with van der Waals surface area (Å²) in [5.41, 5.74) is 1.58. The third-order valence-electron chi connectivity index (χ3n) is 5.86. The number of nitrogens with zero attached hydrogens (tertiary/aromatic N) is 4. The molecule has 1 aromatic rings. The van der Waals surface area contributed by atoms with Crippen molar-refractivity contribution in [2.75, 3.05) is 27.3 Å². The van der Waals surface area contributed by atoms with Gasteiger partial charge in [0.2, 0.25) is 17.7 Å². The first kappa shape index (κ1) is 25.1. The Balaban J connectivity index is 1.64. The number of likely N-dealkylation sites (N-methyl/N-ethyl adjacent to an activating group) is 1. The number of urea groups is 1. The van der Waals surface area contributed by atoms with E-state index in [2.05, 4.69) is 21.0 Å². The van der Waals surface area contributed by atoms with E-state index in [0.29, 0.717) is 13.1 Å². The summed E-state index contributed by atoms with van der Waals surface area (Å²) in [5.74, 6) is -1.51. The van der Waals surface area contributed by atoms with Gasteiger partial charge in [0.05, 0.1) is 31.4 Å². The summed E-state index contributed by atoms with van der Waals surface area (Å²) in [6, 6.07) is -2.19. The molecular weight excluding hydrogens is 446 g/mol. The zero-order valence-corrected chi connectivity index (χ0v) is 19.8. The number of aromatic nitrogens is 2. The average molecular weight is 478 g/mol. The average Bonchev–Trinajstić information content (AvgIpc) is 3.32. The standard InChI is InChI=1S/C21H31N7O6/c1-12(2)18(24-16(29)11-34-4)20(32)26(3)9-13-8-22-28-6-5-27(10-15(13)28)17(30)7-14-19(31)25-21(33)23-14/h8,12,14,18H,5-7,9-11H2,1-4H3,(H,24,29)(H2,23,25,31,33)/t14?,18-/m0/s1. The molecule has 0 aromatic carbocycles. The van der Waals surface area contributed by atoms with Crippen molar-refractivity contribution in [3.8, 4) is 0 Å². The van der Waals surface area contributed by atoms with E-state index in [0.717, 1.165) is 11.3 Å². The quantitative estimate of drug-likeness (QED) is 0.368. The van der Waals surface area contributed by atoms with Gasteiger partial charge in [0.25, 0.3) is 5.91 Å². The second-order valence-electron chi connectivity index (χ2n) is 8.79. The van der Waals surface area contributed by atoms with Gasteiger partial charge in [-0.25, -0.2) is 4.79 Å². The molecule has 3 rings (SSSR count). The van der Waals surface area contributed by atoms with Gasteiger partial charge in [-0.3, -0.25) is 29.2 Å². The number of hydrogen-bond donors (Lipinski definition) is 3. The Morgan fingerprint density at radius 1 is 1.29 bits per heavy atom. The normalized spacial score (nSPS) is 18.3. The fraction of sp³-hybridized carbons (Fsp3) is 0.619. The van der Waals surface area contributed by atoms with Crippen molar-refractivity contribution in [2.45, 2.75) is 52.0 Å². The predicted octanol–water partition coefficient (Wildman–Crippen LogP) is -1.43. The molecule has 13 nitrogen and oxygen atoms in total. The van der Waals surface area contributed by atoms with E-state index in [9.17, 15) is 24.0 Å². The summed E-state index contributed by atoms with van der Waals surface area (Å²) in [4.78, 5) is 63.9. The van der Waals surface area contributed by atoms with Crippen LogP contribution in [0.15, 0.2) is 6.20 Å². The largest absolute Gasteiger partial charge is 0.375 e. The van der Waals surface area contributed by atoms with E-state index < -0.39 is 24.0 Å². The van der Waals surface area contributed by atoms with Crippen molar-refractivity contribution < 1.29 is 28.7 Å². The highest BCUT2D eigenvalue weighted by atomic mass is 16.5. The lowest BCUT2D eigenvalue weighted by atomic mass is 10.0. The first-order valence-corrected chi connectivity index (χ1v) is 11.1. The number of carbonyl (C=O) groups excluding carboxylic acids is 5. The van der Waals surface area contributed by atoms with Crippen LogP contribution in [-0.4, -0.2) is 88.6 Å². The smallest absolute Gasteiger partial charge is 0.322 e. The van der Waals surface area contributed by atoms with Crippen molar-refractivity contribution in [3.05, 3.63) is 17.5 Å². The Morgan fingerprint density at radius 3 is 2.65 bits per heavy atom. The maximum absolute atomic E-state index is 13.0. The second kappa shape index (κ2) is 10.6. The molecule has 6 amide bonds. The maximum atomic E-state index is 13.0.